The maximum Gasteiger partial charge on any atom is 0.163 e. The lowest BCUT2D eigenvalue weighted by molar-refractivity contribution is 0.341. The van der Waals surface area contributed by atoms with Gasteiger partial charge in [0.15, 0.2) is 5.82 Å². The molecule has 0 radical (unpaired) electrons. The van der Waals surface area contributed by atoms with Crippen molar-refractivity contribution in [3.63, 3.8) is 0 Å². The van der Waals surface area contributed by atoms with Gasteiger partial charge in [0.1, 0.15) is 5.75 Å². The van der Waals surface area contributed by atoms with Gasteiger partial charge in [0.2, 0.25) is 0 Å². The summed E-state index contributed by atoms with van der Waals surface area (Å²) >= 11 is 0. The van der Waals surface area contributed by atoms with Gasteiger partial charge in [-0.15, -0.1) is 0 Å². The quantitative estimate of drug-likeness (QED) is 0.914. The zero-order valence-corrected chi connectivity index (χ0v) is 11.6. The summed E-state index contributed by atoms with van der Waals surface area (Å²) in [5.41, 5.74) is 8.66. The van der Waals surface area contributed by atoms with E-state index >= 15 is 0 Å². The second-order valence-electron chi connectivity index (χ2n) is 4.45. The molecule has 1 atom stereocenters. The van der Waals surface area contributed by atoms with Crippen LogP contribution in [0.5, 0.6) is 5.75 Å². The molecule has 0 bridgehead atoms. The molecule has 2 rings (SSSR count). The molecule has 19 heavy (non-hydrogen) atoms. The molecule has 1 aromatic carbocycles. The van der Waals surface area contributed by atoms with Gasteiger partial charge in [0.05, 0.1) is 12.2 Å². The van der Waals surface area contributed by atoms with Crippen LogP contribution in [0.2, 0.25) is 0 Å². The third kappa shape index (κ3) is 2.90. The fourth-order valence-corrected chi connectivity index (χ4v) is 1.99. The number of hydrogen-bond donors (Lipinski definition) is 1. The number of rotatable bonds is 4. The third-order valence-electron chi connectivity index (χ3n) is 2.94. The Bertz CT molecular complexity index is 567. The first kappa shape index (κ1) is 13.5. The van der Waals surface area contributed by atoms with Crippen LogP contribution in [0, 0.1) is 6.92 Å². The van der Waals surface area contributed by atoms with Crippen molar-refractivity contribution >= 4 is 0 Å². The molecule has 1 aromatic heterocycles. The van der Waals surface area contributed by atoms with Crippen LogP contribution in [0.25, 0.3) is 11.4 Å². The highest BCUT2D eigenvalue weighted by molar-refractivity contribution is 5.64. The molecule has 1 unspecified atom stereocenters. The number of aromatic nitrogens is 2. The summed E-state index contributed by atoms with van der Waals surface area (Å²) in [6, 6.07) is 7.73. The Balaban J connectivity index is 2.45. The molecular weight excluding hydrogens is 238 g/mol. The first-order valence-corrected chi connectivity index (χ1v) is 6.44. The molecule has 0 fully saturated rings. The van der Waals surface area contributed by atoms with E-state index in [4.69, 9.17) is 10.5 Å². The largest absolute Gasteiger partial charge is 0.493 e. The van der Waals surface area contributed by atoms with Crippen LogP contribution in [0.1, 0.15) is 31.1 Å². The van der Waals surface area contributed by atoms with E-state index in [2.05, 4.69) is 9.97 Å². The molecule has 2 aromatic rings. The summed E-state index contributed by atoms with van der Waals surface area (Å²) in [5, 5.41) is 0. The summed E-state index contributed by atoms with van der Waals surface area (Å²) in [6.07, 6.45) is 1.80. The summed E-state index contributed by atoms with van der Waals surface area (Å²) in [5.74, 6) is 1.48. The molecule has 0 aliphatic rings. The van der Waals surface area contributed by atoms with Crippen molar-refractivity contribution in [2.45, 2.75) is 26.8 Å². The van der Waals surface area contributed by atoms with Crippen LogP contribution in [0.3, 0.4) is 0 Å². The lowest BCUT2D eigenvalue weighted by atomic mass is 10.1. The maximum absolute atomic E-state index is 5.88. The molecule has 4 nitrogen and oxygen atoms in total. The first-order chi connectivity index (χ1) is 9.13. The number of para-hydroxylation sites is 1. The van der Waals surface area contributed by atoms with E-state index in [-0.39, 0.29) is 6.04 Å². The average Bonchev–Trinajstić information content (AvgIpc) is 2.39. The predicted molar refractivity (Wildman–Crippen MR) is 76.0 cm³/mol. The van der Waals surface area contributed by atoms with E-state index in [0.29, 0.717) is 12.4 Å². The number of benzene rings is 1. The fourth-order valence-electron chi connectivity index (χ4n) is 1.99. The van der Waals surface area contributed by atoms with Crippen molar-refractivity contribution in [1.29, 1.82) is 0 Å². The number of ether oxygens (including phenoxy) is 1. The van der Waals surface area contributed by atoms with Crippen LogP contribution in [-0.2, 0) is 0 Å². The van der Waals surface area contributed by atoms with Gasteiger partial charge in [-0.1, -0.05) is 12.1 Å². The van der Waals surface area contributed by atoms with Crippen LogP contribution in [0.15, 0.2) is 30.5 Å². The van der Waals surface area contributed by atoms with Crippen LogP contribution < -0.4 is 10.5 Å². The highest BCUT2D eigenvalue weighted by Gasteiger charge is 2.11. The molecule has 4 heteroatoms. The maximum atomic E-state index is 5.88. The van der Waals surface area contributed by atoms with E-state index in [9.17, 15) is 0 Å². The second-order valence-corrected chi connectivity index (χ2v) is 4.45. The second kappa shape index (κ2) is 5.80. The number of nitrogens with zero attached hydrogens (tertiary/aromatic N) is 2. The minimum Gasteiger partial charge on any atom is -0.493 e. The Morgan fingerprint density at radius 2 is 2.05 bits per heavy atom. The fraction of sp³-hybridized carbons (Fsp3) is 0.333. The molecule has 0 aliphatic carbocycles. The lowest BCUT2D eigenvalue weighted by Gasteiger charge is -2.12. The van der Waals surface area contributed by atoms with Gasteiger partial charge in [-0.3, -0.25) is 0 Å². The molecule has 0 spiro atoms. The van der Waals surface area contributed by atoms with E-state index in [1.807, 2.05) is 45.0 Å². The van der Waals surface area contributed by atoms with Crippen LogP contribution in [0.4, 0.5) is 0 Å². The predicted octanol–water partition coefficient (Wildman–Crippen LogP) is 2.87. The van der Waals surface area contributed by atoms with Crippen molar-refractivity contribution in [3.8, 4) is 17.1 Å². The van der Waals surface area contributed by atoms with Crippen molar-refractivity contribution in [1.82, 2.24) is 9.97 Å². The van der Waals surface area contributed by atoms with Crippen molar-refractivity contribution in [2.75, 3.05) is 6.61 Å². The monoisotopic (exact) mass is 257 g/mol. The molecule has 0 saturated heterocycles. The molecule has 0 saturated carbocycles. The molecular formula is C15H19N3O. The minimum absolute atomic E-state index is 0.0591. The smallest absolute Gasteiger partial charge is 0.163 e. The van der Waals surface area contributed by atoms with Gasteiger partial charge < -0.3 is 10.5 Å². The Morgan fingerprint density at radius 1 is 1.32 bits per heavy atom. The molecule has 100 valence electrons. The Labute approximate surface area is 113 Å². The number of nitrogens with two attached hydrogens (primary N) is 1. The normalized spacial score (nSPS) is 12.2. The number of aryl methyl sites for hydroxylation is 1. The van der Waals surface area contributed by atoms with Crippen LogP contribution >= 0.6 is 0 Å². The number of hydrogen-bond acceptors (Lipinski definition) is 4. The summed E-state index contributed by atoms with van der Waals surface area (Å²) in [7, 11) is 0. The zero-order valence-electron chi connectivity index (χ0n) is 11.6. The highest BCUT2D eigenvalue weighted by atomic mass is 16.5. The van der Waals surface area contributed by atoms with Gasteiger partial charge in [-0.25, -0.2) is 9.97 Å². The molecule has 0 aliphatic heterocycles. The molecule has 1 heterocycles. The first-order valence-electron chi connectivity index (χ1n) is 6.44. The Kier molecular flexibility index (Phi) is 4.12. The zero-order chi connectivity index (χ0) is 13.8. The lowest BCUT2D eigenvalue weighted by Crippen LogP contribution is -2.09. The van der Waals surface area contributed by atoms with Crippen molar-refractivity contribution in [2.24, 2.45) is 5.73 Å². The van der Waals surface area contributed by atoms with E-state index < -0.39 is 0 Å². The SMILES string of the molecule is CCOc1ccccc1-c1ncc(C(C)N)c(C)n1. The standard InChI is InChI=1S/C15H19N3O/c1-4-19-14-8-6-5-7-12(14)15-17-9-13(10(2)16)11(3)18-15/h5-10H,4,16H2,1-3H3. The average molecular weight is 257 g/mol. The summed E-state index contributed by atoms with van der Waals surface area (Å²) in [6.45, 7) is 6.46. The Hall–Kier alpha value is -1.94. The highest BCUT2D eigenvalue weighted by Crippen LogP contribution is 2.28. The van der Waals surface area contributed by atoms with E-state index in [1.54, 1.807) is 6.20 Å². The van der Waals surface area contributed by atoms with E-state index in [0.717, 1.165) is 22.6 Å². The third-order valence-corrected chi connectivity index (χ3v) is 2.94. The molecule has 0 amide bonds. The van der Waals surface area contributed by atoms with Gasteiger partial charge in [0.25, 0.3) is 0 Å². The van der Waals surface area contributed by atoms with Gasteiger partial charge in [-0.2, -0.15) is 0 Å². The Morgan fingerprint density at radius 3 is 2.68 bits per heavy atom. The van der Waals surface area contributed by atoms with Gasteiger partial charge in [-0.05, 0) is 32.9 Å². The van der Waals surface area contributed by atoms with E-state index in [1.165, 1.54) is 0 Å². The van der Waals surface area contributed by atoms with Crippen molar-refractivity contribution < 1.29 is 4.74 Å². The summed E-state index contributed by atoms with van der Waals surface area (Å²) in [4.78, 5) is 8.94. The van der Waals surface area contributed by atoms with Crippen LogP contribution in [-0.4, -0.2) is 16.6 Å². The van der Waals surface area contributed by atoms with Crippen molar-refractivity contribution in [3.05, 3.63) is 41.7 Å². The minimum atomic E-state index is -0.0591. The van der Waals surface area contributed by atoms with Gasteiger partial charge >= 0.3 is 0 Å². The topological polar surface area (TPSA) is 61.0 Å². The molecule has 2 N–H and O–H groups in total. The summed E-state index contributed by atoms with van der Waals surface area (Å²) < 4.78 is 5.60. The van der Waals surface area contributed by atoms with Gasteiger partial charge in [0, 0.05) is 23.5 Å².